The van der Waals surface area contributed by atoms with Gasteiger partial charge in [-0.15, -0.1) is 0 Å². The quantitative estimate of drug-likeness (QED) is 0.842. The molecule has 0 N–H and O–H groups in total. The van der Waals surface area contributed by atoms with Crippen LogP contribution in [-0.4, -0.2) is 43.5 Å². The molecule has 1 aromatic carbocycles. The molecular formula is C15H23BrN2. The highest BCUT2D eigenvalue weighted by Crippen LogP contribution is 2.20. The fourth-order valence-electron chi connectivity index (χ4n) is 2.69. The number of rotatable bonds is 4. The fourth-order valence-corrected chi connectivity index (χ4v) is 2.96. The van der Waals surface area contributed by atoms with Gasteiger partial charge >= 0.3 is 0 Å². The molecule has 0 saturated carbocycles. The second kappa shape index (κ2) is 6.69. The Morgan fingerprint density at radius 2 is 1.78 bits per heavy atom. The molecule has 3 heteroatoms. The third-order valence-electron chi connectivity index (χ3n) is 3.65. The van der Waals surface area contributed by atoms with Crippen molar-refractivity contribution in [3.8, 4) is 0 Å². The maximum absolute atomic E-state index is 3.48. The molecular weight excluding hydrogens is 288 g/mol. The average molecular weight is 311 g/mol. The van der Waals surface area contributed by atoms with E-state index in [4.69, 9.17) is 0 Å². The first-order valence-electron chi connectivity index (χ1n) is 6.75. The fraction of sp³-hybridized carbons (Fsp3) is 0.600. The van der Waals surface area contributed by atoms with Crippen molar-refractivity contribution in [2.24, 2.45) is 5.92 Å². The molecule has 18 heavy (non-hydrogen) atoms. The van der Waals surface area contributed by atoms with Crippen molar-refractivity contribution in [1.29, 1.82) is 0 Å². The van der Waals surface area contributed by atoms with Gasteiger partial charge in [0.2, 0.25) is 0 Å². The van der Waals surface area contributed by atoms with Crippen LogP contribution in [0.2, 0.25) is 0 Å². The highest BCUT2D eigenvalue weighted by atomic mass is 79.9. The molecule has 1 heterocycles. The number of benzene rings is 1. The van der Waals surface area contributed by atoms with Gasteiger partial charge in [0.1, 0.15) is 0 Å². The van der Waals surface area contributed by atoms with Crippen LogP contribution >= 0.6 is 15.9 Å². The summed E-state index contributed by atoms with van der Waals surface area (Å²) in [6.45, 7) is 4.83. The topological polar surface area (TPSA) is 6.48 Å². The largest absolute Gasteiger partial charge is 0.309 e. The summed E-state index contributed by atoms with van der Waals surface area (Å²) in [6.07, 6.45) is 2.68. The monoisotopic (exact) mass is 310 g/mol. The van der Waals surface area contributed by atoms with E-state index in [-0.39, 0.29) is 0 Å². The Kier molecular flexibility index (Phi) is 5.22. The SMILES string of the molecule is CN(C)CC1CCN(Cc2ccc(Br)cc2)CC1. The summed E-state index contributed by atoms with van der Waals surface area (Å²) in [7, 11) is 4.35. The first-order chi connectivity index (χ1) is 8.63. The second-order valence-corrected chi connectivity index (χ2v) is 6.52. The van der Waals surface area contributed by atoms with Crippen LogP contribution in [0.3, 0.4) is 0 Å². The molecule has 0 spiro atoms. The Bertz CT molecular complexity index is 353. The maximum atomic E-state index is 3.48. The van der Waals surface area contributed by atoms with Crippen molar-refractivity contribution in [3.05, 3.63) is 34.3 Å². The average Bonchev–Trinajstić information content (AvgIpc) is 2.34. The smallest absolute Gasteiger partial charge is 0.0233 e. The zero-order chi connectivity index (χ0) is 13.0. The first-order valence-corrected chi connectivity index (χ1v) is 7.54. The number of hydrogen-bond acceptors (Lipinski definition) is 2. The van der Waals surface area contributed by atoms with Crippen LogP contribution in [-0.2, 0) is 6.54 Å². The molecule has 0 bridgehead atoms. The molecule has 0 amide bonds. The third-order valence-corrected chi connectivity index (χ3v) is 4.18. The first kappa shape index (κ1) is 14.0. The van der Waals surface area contributed by atoms with Gasteiger partial charge in [-0.3, -0.25) is 4.90 Å². The molecule has 1 aliphatic rings. The Labute approximate surface area is 119 Å². The Morgan fingerprint density at radius 3 is 2.33 bits per heavy atom. The highest BCUT2D eigenvalue weighted by Gasteiger charge is 2.19. The standard InChI is InChI=1S/C15H23BrN2/c1-17(2)11-14-7-9-18(10-8-14)12-13-3-5-15(16)6-4-13/h3-6,14H,7-12H2,1-2H3. The van der Waals surface area contributed by atoms with Crippen LogP contribution in [0.25, 0.3) is 0 Å². The number of piperidine rings is 1. The predicted octanol–water partition coefficient (Wildman–Crippen LogP) is 3.22. The minimum absolute atomic E-state index is 0.890. The predicted molar refractivity (Wildman–Crippen MR) is 80.7 cm³/mol. The summed E-state index contributed by atoms with van der Waals surface area (Å²) in [6, 6.07) is 8.70. The van der Waals surface area contributed by atoms with Gasteiger partial charge < -0.3 is 4.90 Å². The lowest BCUT2D eigenvalue weighted by atomic mass is 9.96. The van der Waals surface area contributed by atoms with Gasteiger partial charge in [0.25, 0.3) is 0 Å². The summed E-state index contributed by atoms with van der Waals surface area (Å²) >= 11 is 3.48. The molecule has 0 aromatic heterocycles. The van der Waals surface area contributed by atoms with Crippen LogP contribution in [0.4, 0.5) is 0 Å². The van der Waals surface area contributed by atoms with Crippen molar-refractivity contribution < 1.29 is 0 Å². The Hall–Kier alpha value is -0.380. The Balaban J connectivity index is 1.78. The Morgan fingerprint density at radius 1 is 1.17 bits per heavy atom. The number of hydrogen-bond donors (Lipinski definition) is 0. The summed E-state index contributed by atoms with van der Waals surface area (Å²) in [4.78, 5) is 4.89. The highest BCUT2D eigenvalue weighted by molar-refractivity contribution is 9.10. The molecule has 0 atom stereocenters. The van der Waals surface area contributed by atoms with Gasteiger partial charge in [-0.25, -0.2) is 0 Å². The number of halogens is 1. The molecule has 1 aliphatic heterocycles. The van der Waals surface area contributed by atoms with E-state index in [2.05, 4.69) is 64.1 Å². The molecule has 1 aromatic rings. The van der Waals surface area contributed by atoms with E-state index in [1.54, 1.807) is 0 Å². The third kappa shape index (κ3) is 4.38. The minimum atomic E-state index is 0.890. The van der Waals surface area contributed by atoms with E-state index >= 15 is 0 Å². The number of likely N-dealkylation sites (tertiary alicyclic amines) is 1. The van der Waals surface area contributed by atoms with Crippen molar-refractivity contribution in [1.82, 2.24) is 9.80 Å². The molecule has 2 rings (SSSR count). The normalized spacial score (nSPS) is 18.4. The van der Waals surface area contributed by atoms with E-state index in [0.29, 0.717) is 0 Å². The zero-order valence-corrected chi connectivity index (χ0v) is 13.0. The van der Waals surface area contributed by atoms with Gasteiger partial charge in [0, 0.05) is 17.6 Å². The van der Waals surface area contributed by atoms with Crippen LogP contribution < -0.4 is 0 Å². The molecule has 1 saturated heterocycles. The lowest BCUT2D eigenvalue weighted by molar-refractivity contribution is 0.157. The van der Waals surface area contributed by atoms with E-state index in [1.165, 1.54) is 38.0 Å². The lowest BCUT2D eigenvalue weighted by Crippen LogP contribution is -2.36. The van der Waals surface area contributed by atoms with Crippen LogP contribution in [0.5, 0.6) is 0 Å². The van der Waals surface area contributed by atoms with Crippen molar-refractivity contribution in [2.45, 2.75) is 19.4 Å². The summed E-state index contributed by atoms with van der Waals surface area (Å²) in [5.74, 6) is 0.890. The zero-order valence-electron chi connectivity index (χ0n) is 11.4. The molecule has 1 fully saturated rings. The van der Waals surface area contributed by atoms with Crippen LogP contribution in [0.15, 0.2) is 28.7 Å². The maximum Gasteiger partial charge on any atom is 0.0233 e. The van der Waals surface area contributed by atoms with Crippen molar-refractivity contribution >= 4 is 15.9 Å². The van der Waals surface area contributed by atoms with Gasteiger partial charge in [-0.05, 0) is 63.6 Å². The van der Waals surface area contributed by atoms with Gasteiger partial charge in [-0.1, -0.05) is 28.1 Å². The van der Waals surface area contributed by atoms with Gasteiger partial charge in [0.05, 0.1) is 0 Å². The van der Waals surface area contributed by atoms with E-state index in [1.807, 2.05) is 0 Å². The van der Waals surface area contributed by atoms with Crippen molar-refractivity contribution in [2.75, 3.05) is 33.7 Å². The lowest BCUT2D eigenvalue weighted by Gasteiger charge is -2.33. The summed E-state index contributed by atoms with van der Waals surface area (Å²) in [5, 5.41) is 0. The van der Waals surface area contributed by atoms with Crippen LogP contribution in [0.1, 0.15) is 18.4 Å². The molecule has 0 aliphatic carbocycles. The van der Waals surface area contributed by atoms with Gasteiger partial charge in [0.15, 0.2) is 0 Å². The molecule has 0 unspecified atom stereocenters. The summed E-state index contributed by atoms with van der Waals surface area (Å²) in [5.41, 5.74) is 1.42. The minimum Gasteiger partial charge on any atom is -0.309 e. The van der Waals surface area contributed by atoms with E-state index in [9.17, 15) is 0 Å². The van der Waals surface area contributed by atoms with Crippen LogP contribution in [0, 0.1) is 5.92 Å². The number of nitrogens with zero attached hydrogens (tertiary/aromatic N) is 2. The second-order valence-electron chi connectivity index (χ2n) is 5.61. The molecule has 0 radical (unpaired) electrons. The summed E-state index contributed by atoms with van der Waals surface area (Å²) < 4.78 is 1.16. The molecule has 2 nitrogen and oxygen atoms in total. The van der Waals surface area contributed by atoms with E-state index < -0.39 is 0 Å². The van der Waals surface area contributed by atoms with Crippen molar-refractivity contribution in [3.63, 3.8) is 0 Å². The van der Waals surface area contributed by atoms with Gasteiger partial charge in [-0.2, -0.15) is 0 Å². The van der Waals surface area contributed by atoms with E-state index in [0.717, 1.165) is 16.9 Å². The molecule has 100 valence electrons.